The molecule has 4 heteroatoms. The number of likely N-dealkylation sites (tertiary alicyclic amines) is 1. The van der Waals surface area contributed by atoms with Crippen LogP contribution in [0.4, 0.5) is 4.39 Å². The molecule has 0 bridgehead atoms. The van der Waals surface area contributed by atoms with E-state index in [1.165, 1.54) is 62.6 Å². The molecule has 1 aliphatic carbocycles. The molecule has 1 saturated heterocycles. The van der Waals surface area contributed by atoms with Gasteiger partial charge < -0.3 is 4.74 Å². The van der Waals surface area contributed by atoms with E-state index in [4.69, 9.17) is 4.74 Å². The Labute approximate surface area is 174 Å². The largest absolute Gasteiger partial charge is 0.492 e. The number of ether oxygens (including phenoxy) is 1. The molecule has 2 aromatic carbocycles. The third-order valence-electron chi connectivity index (χ3n) is 6.13. The first-order valence-electron chi connectivity index (χ1n) is 10.5. The van der Waals surface area contributed by atoms with Crippen molar-refractivity contribution in [1.29, 1.82) is 0 Å². The highest BCUT2D eigenvalue weighted by atomic mass is 35.5. The maximum atomic E-state index is 12.9. The van der Waals surface area contributed by atoms with Crippen LogP contribution in [0, 0.1) is 11.7 Å². The summed E-state index contributed by atoms with van der Waals surface area (Å²) in [6, 6.07) is 13.5. The Balaban J connectivity index is 0.00000225. The average molecular weight is 404 g/mol. The maximum Gasteiger partial charge on any atom is 0.123 e. The van der Waals surface area contributed by atoms with E-state index in [1.54, 1.807) is 23.3 Å². The fourth-order valence-corrected chi connectivity index (χ4v) is 4.48. The molecule has 0 saturated carbocycles. The average Bonchev–Trinajstić information content (AvgIpc) is 2.71. The van der Waals surface area contributed by atoms with Crippen LogP contribution >= 0.6 is 12.4 Å². The summed E-state index contributed by atoms with van der Waals surface area (Å²) in [5.41, 5.74) is 4.73. The smallest absolute Gasteiger partial charge is 0.123 e. The molecule has 2 aliphatic rings. The van der Waals surface area contributed by atoms with Crippen molar-refractivity contribution in [3.05, 3.63) is 65.0 Å². The zero-order valence-corrected chi connectivity index (χ0v) is 17.4. The summed E-state index contributed by atoms with van der Waals surface area (Å²) in [4.78, 5) is 2.49. The topological polar surface area (TPSA) is 12.5 Å². The molecular weight excluding hydrogens is 373 g/mol. The van der Waals surface area contributed by atoms with E-state index in [9.17, 15) is 4.39 Å². The van der Waals surface area contributed by atoms with Gasteiger partial charge in [0.25, 0.3) is 0 Å². The number of benzene rings is 2. The number of halogens is 2. The molecule has 1 heterocycles. The van der Waals surface area contributed by atoms with Crippen molar-refractivity contribution in [2.24, 2.45) is 5.92 Å². The van der Waals surface area contributed by atoms with Crippen LogP contribution < -0.4 is 4.74 Å². The number of rotatable bonds is 6. The highest BCUT2D eigenvalue weighted by molar-refractivity contribution is 5.85. The summed E-state index contributed by atoms with van der Waals surface area (Å²) in [7, 11) is 0. The second-order valence-electron chi connectivity index (χ2n) is 8.10. The quantitative estimate of drug-likeness (QED) is 0.635. The van der Waals surface area contributed by atoms with Gasteiger partial charge in [0.2, 0.25) is 0 Å². The van der Waals surface area contributed by atoms with Crippen LogP contribution in [-0.2, 0) is 19.3 Å². The van der Waals surface area contributed by atoms with Crippen molar-refractivity contribution in [2.45, 2.75) is 44.9 Å². The fraction of sp³-hybridized carbons (Fsp3) is 0.500. The van der Waals surface area contributed by atoms with Gasteiger partial charge in [-0.15, -0.1) is 12.4 Å². The highest BCUT2D eigenvalue weighted by Crippen LogP contribution is 2.26. The van der Waals surface area contributed by atoms with Gasteiger partial charge in [0.15, 0.2) is 0 Å². The van der Waals surface area contributed by atoms with Gasteiger partial charge >= 0.3 is 0 Å². The van der Waals surface area contributed by atoms with Crippen LogP contribution in [0.5, 0.6) is 5.75 Å². The molecule has 0 radical (unpaired) electrons. The molecule has 0 aromatic heterocycles. The Kier molecular flexibility index (Phi) is 7.75. The third kappa shape index (κ3) is 5.71. The number of hydrogen-bond donors (Lipinski definition) is 0. The van der Waals surface area contributed by atoms with E-state index >= 15 is 0 Å². The van der Waals surface area contributed by atoms with Crippen molar-refractivity contribution in [3.63, 3.8) is 0 Å². The molecule has 2 nitrogen and oxygen atoms in total. The minimum atomic E-state index is -0.219. The first-order valence-corrected chi connectivity index (χ1v) is 10.5. The lowest BCUT2D eigenvalue weighted by Gasteiger charge is -2.32. The predicted molar refractivity (Wildman–Crippen MR) is 115 cm³/mol. The zero-order chi connectivity index (χ0) is 18.5. The lowest BCUT2D eigenvalue weighted by Crippen LogP contribution is -2.37. The molecule has 0 atom stereocenters. The van der Waals surface area contributed by atoms with Crippen molar-refractivity contribution >= 4 is 12.4 Å². The summed E-state index contributed by atoms with van der Waals surface area (Å²) in [6.07, 6.45) is 9.03. The van der Waals surface area contributed by atoms with Gasteiger partial charge in [-0.1, -0.05) is 18.2 Å². The summed E-state index contributed by atoms with van der Waals surface area (Å²) >= 11 is 0. The normalized spacial score (nSPS) is 17.6. The summed E-state index contributed by atoms with van der Waals surface area (Å²) in [5.74, 6) is 1.34. The van der Waals surface area contributed by atoms with Crippen molar-refractivity contribution < 1.29 is 9.13 Å². The van der Waals surface area contributed by atoms with Gasteiger partial charge in [0.1, 0.15) is 18.2 Å². The lowest BCUT2D eigenvalue weighted by atomic mass is 9.86. The predicted octanol–water partition coefficient (Wildman–Crippen LogP) is 5.46. The van der Waals surface area contributed by atoms with E-state index in [1.807, 2.05) is 0 Å². The van der Waals surface area contributed by atoms with Gasteiger partial charge in [-0.05, 0) is 105 Å². The molecule has 28 heavy (non-hydrogen) atoms. The van der Waals surface area contributed by atoms with Crippen molar-refractivity contribution in [2.75, 3.05) is 26.2 Å². The zero-order valence-electron chi connectivity index (χ0n) is 16.5. The first kappa shape index (κ1) is 21.1. The van der Waals surface area contributed by atoms with Crippen LogP contribution in [0.25, 0.3) is 0 Å². The molecule has 0 amide bonds. The van der Waals surface area contributed by atoms with Crippen LogP contribution in [0.15, 0.2) is 42.5 Å². The molecule has 1 fully saturated rings. The Morgan fingerprint density at radius 1 is 0.929 bits per heavy atom. The number of fused-ring (bicyclic) bond motifs is 1. The van der Waals surface area contributed by atoms with E-state index in [0.29, 0.717) is 6.61 Å². The highest BCUT2D eigenvalue weighted by Gasteiger charge is 2.20. The Morgan fingerprint density at radius 3 is 2.39 bits per heavy atom. The lowest BCUT2D eigenvalue weighted by molar-refractivity contribution is 0.155. The summed E-state index contributed by atoms with van der Waals surface area (Å²) in [5, 5.41) is 0. The van der Waals surface area contributed by atoms with Crippen LogP contribution in [0.1, 0.15) is 42.4 Å². The number of aryl methyl sites for hydroxylation is 2. The van der Waals surface area contributed by atoms with Crippen molar-refractivity contribution in [1.82, 2.24) is 4.90 Å². The monoisotopic (exact) mass is 403 g/mol. The van der Waals surface area contributed by atoms with Crippen LogP contribution in [-0.4, -0.2) is 31.1 Å². The Morgan fingerprint density at radius 2 is 1.64 bits per heavy atom. The van der Waals surface area contributed by atoms with E-state index in [0.717, 1.165) is 31.3 Å². The fourth-order valence-electron chi connectivity index (χ4n) is 4.48. The summed E-state index contributed by atoms with van der Waals surface area (Å²) < 4.78 is 18.6. The number of nitrogens with zero attached hydrogens (tertiary/aromatic N) is 1. The van der Waals surface area contributed by atoms with Crippen LogP contribution in [0.2, 0.25) is 0 Å². The molecule has 152 valence electrons. The minimum absolute atomic E-state index is 0. The van der Waals surface area contributed by atoms with Gasteiger partial charge in [0, 0.05) is 6.54 Å². The Hall–Kier alpha value is -1.58. The van der Waals surface area contributed by atoms with Gasteiger partial charge in [-0.2, -0.15) is 0 Å². The number of hydrogen-bond acceptors (Lipinski definition) is 2. The van der Waals surface area contributed by atoms with E-state index in [-0.39, 0.29) is 18.2 Å². The number of piperidine rings is 1. The first-order chi connectivity index (χ1) is 13.3. The second-order valence-corrected chi connectivity index (χ2v) is 8.10. The molecule has 0 spiro atoms. The standard InChI is InChI=1S/C24H30FNO.ClH/c25-23-7-9-24(10-8-23)27-16-15-26-13-11-19(12-14-26)17-20-5-6-21-3-1-2-4-22(21)18-20;/h5-10,18-19H,1-4,11-17H2;1H. The van der Waals surface area contributed by atoms with E-state index in [2.05, 4.69) is 23.1 Å². The van der Waals surface area contributed by atoms with Gasteiger partial charge in [0.05, 0.1) is 0 Å². The minimum Gasteiger partial charge on any atom is -0.492 e. The second kappa shape index (κ2) is 10.3. The summed E-state index contributed by atoms with van der Waals surface area (Å²) in [6.45, 7) is 3.93. The molecule has 0 unspecified atom stereocenters. The molecule has 1 aliphatic heterocycles. The van der Waals surface area contributed by atoms with Gasteiger partial charge in [-0.25, -0.2) is 4.39 Å². The van der Waals surface area contributed by atoms with E-state index < -0.39 is 0 Å². The SMILES string of the molecule is Cl.Fc1ccc(OCCN2CCC(Cc3ccc4c(c3)CCCC4)CC2)cc1. The Bertz CT molecular complexity index is 741. The maximum absolute atomic E-state index is 12.9. The molecule has 2 aromatic rings. The van der Waals surface area contributed by atoms with Gasteiger partial charge in [-0.3, -0.25) is 4.90 Å². The molecule has 0 N–H and O–H groups in total. The molecular formula is C24H31ClFNO. The third-order valence-corrected chi connectivity index (χ3v) is 6.13. The molecule has 4 rings (SSSR count). The van der Waals surface area contributed by atoms with Crippen LogP contribution in [0.3, 0.4) is 0 Å². The van der Waals surface area contributed by atoms with Crippen molar-refractivity contribution in [3.8, 4) is 5.75 Å².